The largest absolute Gasteiger partial charge is 0.466 e. The highest BCUT2D eigenvalue weighted by Gasteiger charge is 2.08. The lowest BCUT2D eigenvalue weighted by Gasteiger charge is -2.11. The third kappa shape index (κ3) is 25.4. The lowest BCUT2D eigenvalue weighted by Crippen LogP contribution is -2.08. The molecule has 33 heavy (non-hydrogen) atoms. The van der Waals surface area contributed by atoms with Gasteiger partial charge in [-0.15, -0.1) is 0 Å². The van der Waals surface area contributed by atoms with Gasteiger partial charge in [0.05, 0.1) is 13.2 Å². The van der Waals surface area contributed by atoms with E-state index in [9.17, 15) is 9.59 Å². The fourth-order valence-electron chi connectivity index (χ4n) is 3.98. The van der Waals surface area contributed by atoms with Crippen LogP contribution in [0.5, 0.6) is 0 Å². The van der Waals surface area contributed by atoms with E-state index in [2.05, 4.69) is 34.6 Å². The van der Waals surface area contributed by atoms with Gasteiger partial charge in [-0.2, -0.15) is 0 Å². The molecule has 0 bridgehead atoms. The van der Waals surface area contributed by atoms with Crippen molar-refractivity contribution in [2.45, 2.75) is 144 Å². The maximum atomic E-state index is 11.8. The van der Waals surface area contributed by atoms with Crippen LogP contribution in [-0.2, 0) is 19.1 Å². The summed E-state index contributed by atoms with van der Waals surface area (Å²) in [6.07, 6.45) is 18.3. The third-order valence-electron chi connectivity index (χ3n) is 6.30. The molecule has 0 aliphatic carbocycles. The second-order valence-electron chi connectivity index (χ2n) is 10.9. The molecule has 0 aliphatic heterocycles. The third-order valence-corrected chi connectivity index (χ3v) is 6.30. The van der Waals surface area contributed by atoms with E-state index in [0.717, 1.165) is 56.8 Å². The summed E-state index contributed by atoms with van der Waals surface area (Å²) in [7, 11) is 0. The van der Waals surface area contributed by atoms with Crippen molar-refractivity contribution in [3.8, 4) is 0 Å². The van der Waals surface area contributed by atoms with Gasteiger partial charge in [-0.1, -0.05) is 92.4 Å². The molecule has 4 nitrogen and oxygen atoms in total. The zero-order chi connectivity index (χ0) is 24.7. The van der Waals surface area contributed by atoms with Crippen LogP contribution < -0.4 is 0 Å². The van der Waals surface area contributed by atoms with Crippen molar-refractivity contribution in [3.05, 3.63) is 0 Å². The van der Waals surface area contributed by atoms with E-state index in [-0.39, 0.29) is 11.9 Å². The Morgan fingerprint density at radius 2 is 0.909 bits per heavy atom. The molecule has 0 amide bonds. The van der Waals surface area contributed by atoms with Gasteiger partial charge in [-0.3, -0.25) is 9.59 Å². The number of carbonyl (C=O) groups is 2. The summed E-state index contributed by atoms with van der Waals surface area (Å²) in [5.41, 5.74) is 0. The van der Waals surface area contributed by atoms with E-state index in [1.165, 1.54) is 51.4 Å². The molecule has 1 unspecified atom stereocenters. The molecule has 0 aromatic carbocycles. The lowest BCUT2D eigenvalue weighted by atomic mass is 9.97. The average molecular weight is 469 g/mol. The fraction of sp³-hybridized carbons (Fsp3) is 0.931. The van der Waals surface area contributed by atoms with Crippen molar-refractivity contribution in [2.24, 2.45) is 17.8 Å². The van der Waals surface area contributed by atoms with Crippen LogP contribution in [0, 0.1) is 17.8 Å². The number of rotatable bonds is 23. The zero-order valence-corrected chi connectivity index (χ0v) is 22.8. The molecule has 0 aromatic heterocycles. The lowest BCUT2D eigenvalue weighted by molar-refractivity contribution is -0.145. The van der Waals surface area contributed by atoms with Gasteiger partial charge in [0.1, 0.15) is 0 Å². The summed E-state index contributed by atoms with van der Waals surface area (Å²) < 4.78 is 10.7. The van der Waals surface area contributed by atoms with Crippen LogP contribution in [0.25, 0.3) is 0 Å². The number of hydrogen-bond donors (Lipinski definition) is 0. The minimum atomic E-state index is -0.0265. The molecule has 1 atom stereocenters. The van der Waals surface area contributed by atoms with Crippen molar-refractivity contribution in [2.75, 3.05) is 13.2 Å². The van der Waals surface area contributed by atoms with Gasteiger partial charge in [0.25, 0.3) is 0 Å². The van der Waals surface area contributed by atoms with Gasteiger partial charge in [-0.25, -0.2) is 0 Å². The van der Waals surface area contributed by atoms with Crippen LogP contribution in [0.3, 0.4) is 0 Å². The van der Waals surface area contributed by atoms with Gasteiger partial charge in [-0.05, 0) is 56.3 Å². The second kappa shape index (κ2) is 22.7. The molecule has 0 saturated carbocycles. The molecule has 0 heterocycles. The normalized spacial score (nSPS) is 12.3. The monoisotopic (exact) mass is 468 g/mol. The molecule has 0 radical (unpaired) electrons. The highest BCUT2D eigenvalue weighted by atomic mass is 16.5. The van der Waals surface area contributed by atoms with E-state index in [1.54, 1.807) is 0 Å². The molecule has 0 rings (SSSR count). The maximum Gasteiger partial charge on any atom is 0.305 e. The van der Waals surface area contributed by atoms with E-state index < -0.39 is 0 Å². The van der Waals surface area contributed by atoms with Gasteiger partial charge >= 0.3 is 11.9 Å². The Labute approximate surface area is 206 Å². The van der Waals surface area contributed by atoms with E-state index in [0.29, 0.717) is 32.0 Å². The molecule has 0 aliphatic rings. The molecule has 196 valence electrons. The Hall–Kier alpha value is -1.06. The van der Waals surface area contributed by atoms with Crippen LogP contribution in [0.1, 0.15) is 144 Å². The zero-order valence-electron chi connectivity index (χ0n) is 22.8. The molecule has 0 spiro atoms. The van der Waals surface area contributed by atoms with Gasteiger partial charge in [0, 0.05) is 12.8 Å². The van der Waals surface area contributed by atoms with Crippen molar-refractivity contribution < 1.29 is 19.1 Å². The van der Waals surface area contributed by atoms with Crippen molar-refractivity contribution >= 4 is 11.9 Å². The summed E-state index contributed by atoms with van der Waals surface area (Å²) in [5.74, 6) is 2.00. The summed E-state index contributed by atoms with van der Waals surface area (Å²) in [5, 5.41) is 0. The van der Waals surface area contributed by atoms with Crippen LogP contribution in [0.15, 0.2) is 0 Å². The van der Waals surface area contributed by atoms with E-state index in [1.807, 2.05) is 0 Å². The maximum absolute atomic E-state index is 11.8. The topological polar surface area (TPSA) is 52.6 Å². The molecule has 0 N–H and O–H groups in total. The smallest absolute Gasteiger partial charge is 0.305 e. The summed E-state index contributed by atoms with van der Waals surface area (Å²) in [6, 6.07) is 0. The summed E-state index contributed by atoms with van der Waals surface area (Å²) in [6.45, 7) is 12.3. The highest BCUT2D eigenvalue weighted by Crippen LogP contribution is 2.17. The average Bonchev–Trinajstić information content (AvgIpc) is 2.75. The standard InChI is InChI=1S/C29H56O4/c1-25(2)17-13-15-23-32-28(30)20-12-10-8-6-7-9-11-19-27(5)21-22-29(31)33-24-16-14-18-26(3)4/h25-27H,6-24H2,1-5H3. The Morgan fingerprint density at radius 3 is 1.42 bits per heavy atom. The highest BCUT2D eigenvalue weighted by molar-refractivity contribution is 5.69. The first kappa shape index (κ1) is 31.9. The van der Waals surface area contributed by atoms with Crippen molar-refractivity contribution in [3.63, 3.8) is 0 Å². The molecular weight excluding hydrogens is 412 g/mol. The number of unbranched alkanes of at least 4 members (excludes halogenated alkanes) is 8. The molecule has 0 aromatic rings. The van der Waals surface area contributed by atoms with Crippen molar-refractivity contribution in [1.29, 1.82) is 0 Å². The Kier molecular flexibility index (Phi) is 22.0. The quantitative estimate of drug-likeness (QED) is 0.111. The summed E-state index contributed by atoms with van der Waals surface area (Å²) in [4.78, 5) is 23.6. The first-order valence-electron chi connectivity index (χ1n) is 14.1. The van der Waals surface area contributed by atoms with Gasteiger partial charge < -0.3 is 9.47 Å². The predicted octanol–water partition coefficient (Wildman–Crippen LogP) is 8.65. The van der Waals surface area contributed by atoms with E-state index in [4.69, 9.17) is 9.47 Å². The van der Waals surface area contributed by atoms with Crippen molar-refractivity contribution in [1.82, 2.24) is 0 Å². The predicted molar refractivity (Wildman–Crippen MR) is 139 cm³/mol. The number of carbonyl (C=O) groups excluding carboxylic acids is 2. The molecule has 4 heteroatoms. The number of hydrogen-bond acceptors (Lipinski definition) is 4. The summed E-state index contributed by atoms with van der Waals surface area (Å²) >= 11 is 0. The molecular formula is C29H56O4. The number of ether oxygens (including phenoxy) is 2. The SMILES string of the molecule is CC(C)CCCCOC(=O)CCCCCCCCCC(C)CCC(=O)OCCCCC(C)C. The number of esters is 2. The van der Waals surface area contributed by atoms with Crippen LogP contribution in [0.2, 0.25) is 0 Å². The van der Waals surface area contributed by atoms with Crippen LogP contribution in [-0.4, -0.2) is 25.2 Å². The van der Waals surface area contributed by atoms with Crippen LogP contribution >= 0.6 is 0 Å². The Balaban J connectivity index is 3.38. The second-order valence-corrected chi connectivity index (χ2v) is 10.9. The fourth-order valence-corrected chi connectivity index (χ4v) is 3.98. The van der Waals surface area contributed by atoms with Gasteiger partial charge in [0.15, 0.2) is 0 Å². The van der Waals surface area contributed by atoms with Gasteiger partial charge in [0.2, 0.25) is 0 Å². The minimum absolute atomic E-state index is 0.0245. The molecule has 0 saturated heterocycles. The first-order valence-corrected chi connectivity index (χ1v) is 14.1. The minimum Gasteiger partial charge on any atom is -0.466 e. The molecule has 0 fully saturated rings. The first-order chi connectivity index (χ1) is 15.8. The Morgan fingerprint density at radius 1 is 0.485 bits per heavy atom. The van der Waals surface area contributed by atoms with E-state index >= 15 is 0 Å². The van der Waals surface area contributed by atoms with Crippen LogP contribution in [0.4, 0.5) is 0 Å². The Bertz CT molecular complexity index is 459.